The van der Waals surface area contributed by atoms with E-state index in [1.165, 1.54) is 11.8 Å². The number of hydrogen-bond donors (Lipinski definition) is 0. The zero-order chi connectivity index (χ0) is 16.1. The van der Waals surface area contributed by atoms with Crippen LogP contribution in [-0.4, -0.2) is 96.4 Å². The van der Waals surface area contributed by atoms with E-state index in [1.807, 2.05) is 13.2 Å². The molecule has 2 saturated heterocycles. The molecule has 0 spiro atoms. The zero-order valence-electron chi connectivity index (χ0n) is 13.1. The Labute approximate surface area is 134 Å². The van der Waals surface area contributed by atoms with E-state index in [0.717, 1.165) is 0 Å². The van der Waals surface area contributed by atoms with Crippen LogP contribution in [0.4, 0.5) is 0 Å². The summed E-state index contributed by atoms with van der Waals surface area (Å²) in [5.74, 6) is -0.827. The fourth-order valence-corrected chi connectivity index (χ4v) is 2.88. The van der Waals surface area contributed by atoms with Gasteiger partial charge >= 0.3 is 11.8 Å². The highest BCUT2D eigenvalue weighted by molar-refractivity contribution is 7.99. The van der Waals surface area contributed by atoms with Gasteiger partial charge in [-0.25, -0.2) is 0 Å². The van der Waals surface area contributed by atoms with Crippen LogP contribution in [0.2, 0.25) is 0 Å². The second-order valence-electron chi connectivity index (χ2n) is 5.40. The predicted octanol–water partition coefficient (Wildman–Crippen LogP) is -0.732. The van der Waals surface area contributed by atoms with Gasteiger partial charge in [0.1, 0.15) is 0 Å². The van der Waals surface area contributed by atoms with Crippen LogP contribution in [0.15, 0.2) is 0 Å². The van der Waals surface area contributed by atoms with Crippen LogP contribution in [-0.2, 0) is 19.1 Å². The maximum atomic E-state index is 12.3. The minimum atomic E-state index is -0.466. The molecular weight excluding hydrogens is 306 g/mol. The molecule has 0 radical (unpaired) electrons. The van der Waals surface area contributed by atoms with Crippen molar-refractivity contribution in [1.82, 2.24) is 14.7 Å². The maximum Gasteiger partial charge on any atom is 0.312 e. The van der Waals surface area contributed by atoms with Crippen molar-refractivity contribution in [2.45, 2.75) is 12.2 Å². The molecule has 0 aromatic rings. The lowest BCUT2D eigenvalue weighted by molar-refractivity contribution is -0.155. The Morgan fingerprint density at radius 1 is 0.864 bits per heavy atom. The molecule has 22 heavy (non-hydrogen) atoms. The number of rotatable bonds is 2. The average molecular weight is 329 g/mol. The van der Waals surface area contributed by atoms with Gasteiger partial charge in [-0.1, -0.05) is 0 Å². The number of carbonyl (C=O) groups is 3. The Morgan fingerprint density at radius 2 is 1.32 bits per heavy atom. The highest BCUT2D eigenvalue weighted by Gasteiger charge is 2.32. The summed E-state index contributed by atoms with van der Waals surface area (Å²) in [4.78, 5) is 41.4. The Morgan fingerprint density at radius 3 is 1.82 bits per heavy atom. The van der Waals surface area contributed by atoms with Gasteiger partial charge in [0.05, 0.1) is 18.5 Å². The van der Waals surface area contributed by atoms with Crippen molar-refractivity contribution in [1.29, 1.82) is 0 Å². The topological polar surface area (TPSA) is 70.2 Å². The SMILES string of the molecule is CSC(C)C(=O)N1CCN(C(=O)C(=O)N2CCOCC2)CC1. The molecule has 7 nitrogen and oxygen atoms in total. The molecule has 2 aliphatic rings. The Hall–Kier alpha value is -1.28. The van der Waals surface area contributed by atoms with Crippen LogP contribution in [0.25, 0.3) is 0 Å². The molecule has 1 unspecified atom stereocenters. The predicted molar refractivity (Wildman–Crippen MR) is 83.5 cm³/mol. The lowest BCUT2D eigenvalue weighted by atomic mass is 10.2. The lowest BCUT2D eigenvalue weighted by Gasteiger charge is -2.36. The molecule has 0 bridgehead atoms. The minimum Gasteiger partial charge on any atom is -0.378 e. The monoisotopic (exact) mass is 329 g/mol. The summed E-state index contributed by atoms with van der Waals surface area (Å²) in [5, 5.41) is -0.0720. The molecule has 0 saturated carbocycles. The van der Waals surface area contributed by atoms with Gasteiger partial charge in [-0.15, -0.1) is 0 Å². The quantitative estimate of drug-likeness (QED) is 0.625. The first-order valence-corrected chi connectivity index (χ1v) is 8.81. The van der Waals surface area contributed by atoms with Gasteiger partial charge in [0.2, 0.25) is 5.91 Å². The third kappa shape index (κ3) is 3.92. The van der Waals surface area contributed by atoms with Gasteiger partial charge in [-0.05, 0) is 13.2 Å². The van der Waals surface area contributed by atoms with E-state index in [4.69, 9.17) is 4.74 Å². The summed E-state index contributed by atoms with van der Waals surface area (Å²) in [6.07, 6.45) is 1.91. The Kier molecular flexibility index (Phi) is 6.07. The number of thioether (sulfide) groups is 1. The largest absolute Gasteiger partial charge is 0.378 e. The van der Waals surface area contributed by atoms with E-state index in [0.29, 0.717) is 52.5 Å². The first-order chi connectivity index (χ1) is 10.5. The number of morpholine rings is 1. The van der Waals surface area contributed by atoms with Gasteiger partial charge in [0.25, 0.3) is 0 Å². The van der Waals surface area contributed by atoms with Crippen LogP contribution in [0.1, 0.15) is 6.92 Å². The third-order valence-electron chi connectivity index (χ3n) is 4.06. The van der Waals surface area contributed by atoms with Gasteiger partial charge in [0.15, 0.2) is 0 Å². The molecule has 0 N–H and O–H groups in total. The van der Waals surface area contributed by atoms with Crippen molar-refractivity contribution in [3.8, 4) is 0 Å². The second kappa shape index (κ2) is 7.82. The Balaban J connectivity index is 1.84. The highest BCUT2D eigenvalue weighted by atomic mass is 32.2. The van der Waals surface area contributed by atoms with Crippen LogP contribution in [0.5, 0.6) is 0 Å². The number of piperazine rings is 1. The van der Waals surface area contributed by atoms with Crippen LogP contribution >= 0.6 is 11.8 Å². The lowest BCUT2D eigenvalue weighted by Crippen LogP contribution is -2.56. The molecule has 2 rings (SSSR count). The fraction of sp³-hybridized carbons (Fsp3) is 0.786. The smallest absolute Gasteiger partial charge is 0.312 e. The maximum absolute atomic E-state index is 12.3. The summed E-state index contributed by atoms with van der Waals surface area (Å²) in [7, 11) is 0. The van der Waals surface area contributed by atoms with Crippen molar-refractivity contribution < 1.29 is 19.1 Å². The number of nitrogens with zero attached hydrogens (tertiary/aromatic N) is 3. The zero-order valence-corrected chi connectivity index (χ0v) is 13.9. The molecule has 8 heteroatoms. The van der Waals surface area contributed by atoms with Gasteiger partial charge < -0.3 is 19.4 Å². The Bertz CT molecular complexity index is 432. The van der Waals surface area contributed by atoms with Gasteiger partial charge in [0, 0.05) is 39.3 Å². The molecule has 2 fully saturated rings. The summed E-state index contributed by atoms with van der Waals surface area (Å²) in [6, 6.07) is 0. The van der Waals surface area contributed by atoms with E-state index >= 15 is 0 Å². The van der Waals surface area contributed by atoms with Crippen molar-refractivity contribution in [3.05, 3.63) is 0 Å². The molecule has 2 aliphatic heterocycles. The molecule has 2 heterocycles. The first-order valence-electron chi connectivity index (χ1n) is 7.52. The molecule has 124 valence electrons. The highest BCUT2D eigenvalue weighted by Crippen LogP contribution is 2.12. The summed E-state index contributed by atoms with van der Waals surface area (Å²) in [5.41, 5.74) is 0. The normalized spacial score (nSPS) is 20.7. The van der Waals surface area contributed by atoms with E-state index < -0.39 is 11.8 Å². The fourth-order valence-electron chi connectivity index (χ4n) is 2.52. The van der Waals surface area contributed by atoms with E-state index in [2.05, 4.69) is 0 Å². The third-order valence-corrected chi connectivity index (χ3v) is 4.97. The van der Waals surface area contributed by atoms with Crippen LogP contribution in [0.3, 0.4) is 0 Å². The molecule has 3 amide bonds. The first kappa shape index (κ1) is 17.1. The number of amides is 3. The van der Waals surface area contributed by atoms with Crippen molar-refractivity contribution in [3.63, 3.8) is 0 Å². The van der Waals surface area contributed by atoms with E-state index in [-0.39, 0.29) is 11.2 Å². The van der Waals surface area contributed by atoms with Crippen molar-refractivity contribution in [2.75, 3.05) is 58.7 Å². The molecule has 1 atom stereocenters. The molecular formula is C14H23N3O4S. The van der Waals surface area contributed by atoms with Gasteiger partial charge in [-0.2, -0.15) is 11.8 Å². The van der Waals surface area contributed by atoms with Crippen molar-refractivity contribution >= 4 is 29.5 Å². The summed E-state index contributed by atoms with van der Waals surface area (Å²) in [6.45, 7) is 5.60. The summed E-state index contributed by atoms with van der Waals surface area (Å²) >= 11 is 1.51. The van der Waals surface area contributed by atoms with Crippen molar-refractivity contribution in [2.24, 2.45) is 0 Å². The number of hydrogen-bond acceptors (Lipinski definition) is 5. The van der Waals surface area contributed by atoms with Crippen LogP contribution in [0, 0.1) is 0 Å². The number of carbonyl (C=O) groups excluding carboxylic acids is 3. The van der Waals surface area contributed by atoms with E-state index in [9.17, 15) is 14.4 Å². The van der Waals surface area contributed by atoms with Crippen LogP contribution < -0.4 is 0 Å². The minimum absolute atomic E-state index is 0.0720. The molecule has 0 aliphatic carbocycles. The molecule has 0 aromatic carbocycles. The van der Waals surface area contributed by atoms with Gasteiger partial charge in [-0.3, -0.25) is 14.4 Å². The standard InChI is InChI=1S/C14H23N3O4S/c1-11(22-2)12(18)15-3-5-16(6-4-15)13(19)14(20)17-7-9-21-10-8-17/h11H,3-10H2,1-2H3. The van der Waals surface area contributed by atoms with E-state index in [1.54, 1.807) is 14.7 Å². The average Bonchev–Trinajstić information content (AvgIpc) is 2.60. The molecule has 0 aromatic heterocycles. The summed E-state index contributed by atoms with van der Waals surface area (Å²) < 4.78 is 5.18. The second-order valence-corrected chi connectivity index (χ2v) is 6.58. The number of ether oxygens (including phenoxy) is 1.